The van der Waals surface area contributed by atoms with Crippen LogP contribution in [0.5, 0.6) is 0 Å². The summed E-state index contributed by atoms with van der Waals surface area (Å²) in [6, 6.07) is 7.71. The van der Waals surface area contributed by atoms with Crippen LogP contribution in [0, 0.1) is 10.1 Å². The number of benzene rings is 2. The Kier molecular flexibility index (Phi) is 5.79. The van der Waals surface area contributed by atoms with Gasteiger partial charge in [0.25, 0.3) is 11.6 Å². The summed E-state index contributed by atoms with van der Waals surface area (Å²) in [5, 5.41) is 14.2. The van der Waals surface area contributed by atoms with Gasteiger partial charge in [0.05, 0.1) is 27.3 Å². The first-order chi connectivity index (χ1) is 12.9. The van der Waals surface area contributed by atoms with Crippen LogP contribution in [-0.4, -0.2) is 24.0 Å². The molecule has 2 aromatic carbocycles. The second-order valence-corrected chi connectivity index (χ2v) is 6.67. The number of carbonyl (C=O) groups excluding carboxylic acids is 1. The molecule has 27 heavy (non-hydrogen) atoms. The fourth-order valence-corrected chi connectivity index (χ4v) is 3.34. The van der Waals surface area contributed by atoms with Gasteiger partial charge < -0.3 is 10.1 Å². The third-order valence-electron chi connectivity index (χ3n) is 4.19. The maximum atomic E-state index is 12.5. The predicted molar refractivity (Wildman–Crippen MR) is 106 cm³/mol. The number of halogens is 2. The first-order valence-electron chi connectivity index (χ1n) is 8.28. The maximum Gasteiger partial charge on any atom is 0.269 e. The quantitative estimate of drug-likeness (QED) is 0.317. The van der Waals surface area contributed by atoms with Crippen molar-refractivity contribution >= 4 is 52.1 Å². The van der Waals surface area contributed by atoms with E-state index in [9.17, 15) is 14.9 Å². The van der Waals surface area contributed by atoms with Gasteiger partial charge in [-0.05, 0) is 48.7 Å². The number of nitro groups is 1. The number of fused-ring (bicyclic) bond motifs is 1. The Morgan fingerprint density at radius 3 is 2.59 bits per heavy atom. The summed E-state index contributed by atoms with van der Waals surface area (Å²) < 4.78 is 5.42. The van der Waals surface area contributed by atoms with Crippen LogP contribution in [0.25, 0.3) is 11.6 Å². The molecule has 0 fully saturated rings. The highest BCUT2D eigenvalue weighted by molar-refractivity contribution is 6.47. The maximum absolute atomic E-state index is 12.5. The van der Waals surface area contributed by atoms with Crippen molar-refractivity contribution in [3.63, 3.8) is 0 Å². The zero-order valence-corrected chi connectivity index (χ0v) is 15.9. The van der Waals surface area contributed by atoms with Crippen molar-refractivity contribution in [3.05, 3.63) is 67.2 Å². The third kappa shape index (κ3) is 3.98. The molecule has 1 N–H and O–H groups in total. The predicted octanol–water partition coefficient (Wildman–Crippen LogP) is 4.97. The minimum Gasteiger partial charge on any atom is -0.381 e. The lowest BCUT2D eigenvalue weighted by molar-refractivity contribution is -0.384. The Bertz CT molecular complexity index is 940. The van der Waals surface area contributed by atoms with E-state index in [2.05, 4.69) is 5.32 Å². The normalized spacial score (nSPS) is 14.3. The number of nitro benzene ring substituents is 1. The van der Waals surface area contributed by atoms with Crippen molar-refractivity contribution in [2.24, 2.45) is 0 Å². The third-order valence-corrected chi connectivity index (χ3v) is 4.98. The summed E-state index contributed by atoms with van der Waals surface area (Å²) in [7, 11) is 0. The number of hydrogen-bond acceptors (Lipinski definition) is 4. The Balaban J connectivity index is 2.05. The second-order valence-electron chi connectivity index (χ2n) is 5.89. The molecule has 0 atom stereocenters. The van der Waals surface area contributed by atoms with E-state index in [1.54, 1.807) is 24.3 Å². The van der Waals surface area contributed by atoms with E-state index in [-0.39, 0.29) is 16.6 Å². The van der Waals surface area contributed by atoms with Crippen LogP contribution in [0.4, 0.5) is 11.4 Å². The van der Waals surface area contributed by atoms with Crippen LogP contribution < -0.4 is 5.32 Å². The molecule has 6 nitrogen and oxygen atoms in total. The number of ether oxygens (including phenoxy) is 1. The molecule has 1 aliphatic rings. The Morgan fingerprint density at radius 1 is 1.26 bits per heavy atom. The van der Waals surface area contributed by atoms with E-state index < -0.39 is 4.92 Å². The highest BCUT2D eigenvalue weighted by atomic mass is 35.5. The first-order valence-corrected chi connectivity index (χ1v) is 9.04. The largest absolute Gasteiger partial charge is 0.381 e. The van der Waals surface area contributed by atoms with Gasteiger partial charge in [-0.3, -0.25) is 14.9 Å². The molecular formula is C19H16Cl2N2O4. The SMILES string of the molecule is CCOCCc1cc(Cl)c(Cl)c2c1/C(=C/c1ccc([N+](=O)[O-])cc1)C(=O)N2. The van der Waals surface area contributed by atoms with Gasteiger partial charge in [0.2, 0.25) is 0 Å². The van der Waals surface area contributed by atoms with Crippen molar-refractivity contribution in [3.8, 4) is 0 Å². The summed E-state index contributed by atoms with van der Waals surface area (Å²) in [5.74, 6) is -0.301. The molecule has 0 spiro atoms. The van der Waals surface area contributed by atoms with E-state index in [1.165, 1.54) is 12.1 Å². The number of carbonyl (C=O) groups is 1. The van der Waals surface area contributed by atoms with Crippen molar-refractivity contribution in [2.75, 3.05) is 18.5 Å². The van der Waals surface area contributed by atoms with Gasteiger partial charge >= 0.3 is 0 Å². The molecule has 8 heteroatoms. The van der Waals surface area contributed by atoms with Gasteiger partial charge in [0.15, 0.2) is 0 Å². The lowest BCUT2D eigenvalue weighted by Crippen LogP contribution is -2.04. The van der Waals surface area contributed by atoms with Crippen molar-refractivity contribution in [1.29, 1.82) is 0 Å². The molecule has 0 saturated carbocycles. The summed E-state index contributed by atoms with van der Waals surface area (Å²) in [6.07, 6.45) is 2.25. The number of non-ortho nitro benzene ring substituents is 1. The van der Waals surface area contributed by atoms with E-state index in [0.29, 0.717) is 47.0 Å². The lowest BCUT2D eigenvalue weighted by Gasteiger charge is -2.11. The smallest absolute Gasteiger partial charge is 0.269 e. The lowest BCUT2D eigenvalue weighted by atomic mass is 9.96. The summed E-state index contributed by atoms with van der Waals surface area (Å²) in [4.78, 5) is 22.9. The van der Waals surface area contributed by atoms with E-state index in [0.717, 1.165) is 5.56 Å². The van der Waals surface area contributed by atoms with E-state index in [1.807, 2.05) is 6.92 Å². The topological polar surface area (TPSA) is 81.5 Å². The summed E-state index contributed by atoms with van der Waals surface area (Å²) >= 11 is 12.5. The molecular weight excluding hydrogens is 391 g/mol. The van der Waals surface area contributed by atoms with Gasteiger partial charge in [0, 0.05) is 29.9 Å². The molecule has 3 rings (SSSR count). The van der Waals surface area contributed by atoms with Crippen LogP contribution in [0.1, 0.15) is 23.6 Å². The monoisotopic (exact) mass is 406 g/mol. The van der Waals surface area contributed by atoms with Crippen LogP contribution in [-0.2, 0) is 16.0 Å². The molecule has 1 heterocycles. The number of nitrogens with zero attached hydrogens (tertiary/aromatic N) is 1. The molecule has 0 aromatic heterocycles. The minimum absolute atomic E-state index is 0.0133. The fourth-order valence-electron chi connectivity index (χ4n) is 2.92. The van der Waals surface area contributed by atoms with Gasteiger partial charge in [-0.25, -0.2) is 0 Å². The second kappa shape index (κ2) is 8.08. The molecule has 0 saturated heterocycles. The molecule has 1 amide bonds. The van der Waals surface area contributed by atoms with Gasteiger partial charge in [-0.2, -0.15) is 0 Å². The number of rotatable bonds is 6. The number of nitrogens with one attached hydrogen (secondary N) is 1. The Morgan fingerprint density at radius 2 is 1.96 bits per heavy atom. The van der Waals surface area contributed by atoms with Gasteiger partial charge in [-0.1, -0.05) is 23.2 Å². The highest BCUT2D eigenvalue weighted by Gasteiger charge is 2.30. The molecule has 0 aliphatic carbocycles. The average Bonchev–Trinajstić information content (AvgIpc) is 2.97. The molecule has 1 aliphatic heterocycles. The van der Waals surface area contributed by atoms with Crippen LogP contribution in [0.3, 0.4) is 0 Å². The number of hydrogen-bond donors (Lipinski definition) is 1. The zero-order valence-electron chi connectivity index (χ0n) is 14.4. The van der Waals surface area contributed by atoms with Gasteiger partial charge in [-0.15, -0.1) is 0 Å². The zero-order chi connectivity index (χ0) is 19.6. The average molecular weight is 407 g/mol. The fraction of sp³-hybridized carbons (Fsp3) is 0.211. The standard InChI is InChI=1S/C19H16Cl2N2O4/c1-2-27-8-7-12-10-15(20)17(21)18-16(12)14(19(24)22-18)9-11-3-5-13(6-4-11)23(25)26/h3-6,9-10H,2,7-8H2,1H3,(H,22,24)/b14-9-. The summed E-state index contributed by atoms with van der Waals surface area (Å²) in [6.45, 7) is 2.98. The number of anilines is 1. The van der Waals surface area contributed by atoms with Gasteiger partial charge in [0.1, 0.15) is 0 Å². The minimum atomic E-state index is -0.470. The number of amides is 1. The van der Waals surface area contributed by atoms with Crippen LogP contribution in [0.15, 0.2) is 30.3 Å². The molecule has 2 aromatic rings. The van der Waals surface area contributed by atoms with Crippen molar-refractivity contribution in [2.45, 2.75) is 13.3 Å². The molecule has 0 unspecified atom stereocenters. The first kappa shape index (κ1) is 19.4. The Hall–Kier alpha value is -2.41. The van der Waals surface area contributed by atoms with Crippen molar-refractivity contribution in [1.82, 2.24) is 0 Å². The van der Waals surface area contributed by atoms with Crippen LogP contribution >= 0.6 is 23.2 Å². The highest BCUT2D eigenvalue weighted by Crippen LogP contribution is 2.44. The Labute approximate surface area is 165 Å². The molecule has 0 bridgehead atoms. The summed E-state index contributed by atoms with van der Waals surface area (Å²) in [5.41, 5.74) is 3.10. The van der Waals surface area contributed by atoms with E-state index in [4.69, 9.17) is 27.9 Å². The molecule has 140 valence electrons. The van der Waals surface area contributed by atoms with Crippen LogP contribution in [0.2, 0.25) is 10.0 Å². The van der Waals surface area contributed by atoms with Crippen molar-refractivity contribution < 1.29 is 14.5 Å². The molecule has 0 radical (unpaired) electrons. The van der Waals surface area contributed by atoms with E-state index >= 15 is 0 Å².